The molecule has 0 unspecified atom stereocenters. The molecular weight excluding hydrogens is 354 g/mol. The monoisotopic (exact) mass is 373 g/mol. The smallest absolute Gasteiger partial charge is 0.337 e. The number of nitrogens with zero attached hydrogens (tertiary/aromatic N) is 3. The summed E-state index contributed by atoms with van der Waals surface area (Å²) in [5.41, 5.74) is 0.902. The number of aliphatic hydroxyl groups excluding tert-OH is 2. The van der Waals surface area contributed by atoms with E-state index in [-0.39, 0.29) is 30.0 Å². The minimum absolute atomic E-state index is 0.0562. The van der Waals surface area contributed by atoms with Crippen LogP contribution in [0.5, 0.6) is 0 Å². The van der Waals surface area contributed by atoms with Crippen molar-refractivity contribution in [3.05, 3.63) is 53.6 Å². The highest BCUT2D eigenvalue weighted by Gasteiger charge is 2.13. The van der Waals surface area contributed by atoms with Crippen molar-refractivity contribution in [2.75, 3.05) is 31.2 Å². The third-order valence-corrected chi connectivity index (χ3v) is 3.70. The Hall–Kier alpha value is -3.30. The number of hydrogen-bond acceptors (Lipinski definition) is 7. The molecule has 0 fully saturated rings. The van der Waals surface area contributed by atoms with E-state index >= 15 is 0 Å². The molecule has 0 atom stereocenters. The molecule has 0 radical (unpaired) electrons. The molecule has 0 heterocycles. The molecule has 0 aromatic heterocycles. The molecule has 0 aliphatic rings. The van der Waals surface area contributed by atoms with E-state index in [1.54, 1.807) is 29.2 Å². The first-order valence-electron chi connectivity index (χ1n) is 8.05. The zero-order chi connectivity index (χ0) is 19.8. The van der Waals surface area contributed by atoms with E-state index in [2.05, 4.69) is 10.2 Å². The summed E-state index contributed by atoms with van der Waals surface area (Å²) in [6.07, 6.45) is 0. The number of hydrogen-bond donors (Lipinski definition) is 4. The summed E-state index contributed by atoms with van der Waals surface area (Å²) < 4.78 is 0. The van der Waals surface area contributed by atoms with Gasteiger partial charge in [0.2, 0.25) is 0 Å². The van der Waals surface area contributed by atoms with Crippen LogP contribution >= 0.6 is 0 Å². The lowest BCUT2D eigenvalue weighted by atomic mass is 10.1. The van der Waals surface area contributed by atoms with Crippen LogP contribution in [0.25, 0.3) is 0 Å². The molecule has 9 nitrogen and oxygen atoms in total. The Morgan fingerprint density at radius 3 is 2.00 bits per heavy atom. The molecule has 27 heavy (non-hydrogen) atoms. The Labute approximate surface area is 154 Å². The zero-order valence-corrected chi connectivity index (χ0v) is 14.3. The third-order valence-electron chi connectivity index (χ3n) is 3.70. The van der Waals surface area contributed by atoms with Crippen LogP contribution in [0.4, 0.5) is 17.1 Å². The number of azo groups is 1. The van der Waals surface area contributed by atoms with Crippen LogP contribution in [0.15, 0.2) is 52.7 Å². The number of carbonyl (C=O) groups is 2. The highest BCUT2D eigenvalue weighted by atomic mass is 16.4. The van der Waals surface area contributed by atoms with Gasteiger partial charge in [0, 0.05) is 18.8 Å². The number of carboxylic acid groups (broad SMARTS) is 2. The standard InChI is InChI=1S/C18H19N3O6/c22-9-7-21(8-10-23)14-4-2-13(3-5-14)19-20-16-11-12(17(24)25)1-6-15(16)18(26)27/h1-6,11,22-23H,7-10H2,(H,24,25)(H,26,27). The molecule has 0 bridgehead atoms. The first kappa shape index (κ1) is 20.0. The van der Waals surface area contributed by atoms with E-state index in [0.717, 1.165) is 11.8 Å². The van der Waals surface area contributed by atoms with Crippen LogP contribution in [0.3, 0.4) is 0 Å². The van der Waals surface area contributed by atoms with Gasteiger partial charge in [0.1, 0.15) is 5.69 Å². The summed E-state index contributed by atoms with van der Waals surface area (Å²) >= 11 is 0. The minimum Gasteiger partial charge on any atom is -0.478 e. The lowest BCUT2D eigenvalue weighted by molar-refractivity contribution is 0.0682. The second-order valence-electron chi connectivity index (χ2n) is 5.49. The van der Waals surface area contributed by atoms with Crippen molar-refractivity contribution in [2.45, 2.75) is 0 Å². The number of aliphatic hydroxyl groups is 2. The molecule has 2 aromatic carbocycles. The third kappa shape index (κ3) is 5.33. The Morgan fingerprint density at radius 2 is 1.48 bits per heavy atom. The first-order valence-corrected chi connectivity index (χ1v) is 8.05. The van der Waals surface area contributed by atoms with Gasteiger partial charge >= 0.3 is 11.9 Å². The molecule has 0 spiro atoms. The van der Waals surface area contributed by atoms with Gasteiger partial charge in [-0.3, -0.25) is 0 Å². The Kier molecular flexibility index (Phi) is 6.98. The van der Waals surface area contributed by atoms with Gasteiger partial charge in [-0.15, -0.1) is 5.11 Å². The van der Waals surface area contributed by atoms with Crippen LogP contribution in [0.2, 0.25) is 0 Å². The molecule has 0 amide bonds. The van der Waals surface area contributed by atoms with E-state index in [4.69, 9.17) is 15.3 Å². The molecule has 0 saturated carbocycles. The van der Waals surface area contributed by atoms with Crippen molar-refractivity contribution >= 4 is 29.0 Å². The molecule has 2 aromatic rings. The summed E-state index contributed by atoms with van der Waals surface area (Å²) in [7, 11) is 0. The molecule has 0 aliphatic heterocycles. The van der Waals surface area contributed by atoms with Gasteiger partial charge in [-0.25, -0.2) is 9.59 Å². The summed E-state index contributed by atoms with van der Waals surface area (Å²) in [5, 5.41) is 44.2. The molecule has 0 saturated heterocycles. The topological polar surface area (TPSA) is 143 Å². The SMILES string of the molecule is O=C(O)c1ccc(C(=O)O)c(N=Nc2ccc(N(CCO)CCO)cc2)c1. The average Bonchev–Trinajstić information content (AvgIpc) is 2.66. The highest BCUT2D eigenvalue weighted by Crippen LogP contribution is 2.25. The van der Waals surface area contributed by atoms with Crippen molar-refractivity contribution in [3.8, 4) is 0 Å². The predicted molar refractivity (Wildman–Crippen MR) is 97.4 cm³/mol. The normalized spacial score (nSPS) is 10.9. The van der Waals surface area contributed by atoms with Gasteiger partial charge in [0.05, 0.1) is 30.0 Å². The Morgan fingerprint density at radius 1 is 0.852 bits per heavy atom. The summed E-state index contributed by atoms with van der Waals surface area (Å²) in [5.74, 6) is -2.43. The van der Waals surface area contributed by atoms with E-state index in [0.29, 0.717) is 18.8 Å². The minimum atomic E-state index is -1.24. The summed E-state index contributed by atoms with van der Waals surface area (Å²) in [4.78, 5) is 24.1. The maximum absolute atomic E-state index is 11.3. The molecule has 2 rings (SSSR count). The van der Waals surface area contributed by atoms with Crippen molar-refractivity contribution in [1.29, 1.82) is 0 Å². The largest absolute Gasteiger partial charge is 0.478 e. The van der Waals surface area contributed by atoms with Crippen molar-refractivity contribution in [2.24, 2.45) is 10.2 Å². The van der Waals surface area contributed by atoms with Crippen molar-refractivity contribution in [1.82, 2.24) is 0 Å². The molecule has 4 N–H and O–H groups in total. The lowest BCUT2D eigenvalue weighted by Gasteiger charge is -2.22. The van der Waals surface area contributed by atoms with Gasteiger partial charge in [-0.1, -0.05) is 0 Å². The van der Waals surface area contributed by atoms with Gasteiger partial charge in [-0.2, -0.15) is 5.11 Å². The quantitative estimate of drug-likeness (QED) is 0.494. The maximum atomic E-state index is 11.3. The summed E-state index contributed by atoms with van der Waals surface area (Å²) in [6.45, 7) is 0.620. The van der Waals surface area contributed by atoms with Gasteiger partial charge in [-0.05, 0) is 42.5 Å². The van der Waals surface area contributed by atoms with Crippen molar-refractivity contribution < 1.29 is 30.0 Å². The van der Waals surface area contributed by atoms with Crippen LogP contribution in [-0.2, 0) is 0 Å². The van der Waals surface area contributed by atoms with Gasteiger partial charge in [0.15, 0.2) is 0 Å². The number of rotatable bonds is 9. The number of benzene rings is 2. The van der Waals surface area contributed by atoms with E-state index in [1.165, 1.54) is 12.1 Å². The fourth-order valence-electron chi connectivity index (χ4n) is 2.38. The number of anilines is 1. The van der Waals surface area contributed by atoms with E-state index in [9.17, 15) is 14.7 Å². The van der Waals surface area contributed by atoms with Crippen LogP contribution in [0, 0.1) is 0 Å². The zero-order valence-electron chi connectivity index (χ0n) is 14.3. The molecule has 9 heteroatoms. The second-order valence-corrected chi connectivity index (χ2v) is 5.49. The van der Waals surface area contributed by atoms with Crippen LogP contribution in [-0.4, -0.2) is 58.7 Å². The first-order chi connectivity index (χ1) is 13.0. The van der Waals surface area contributed by atoms with Crippen LogP contribution < -0.4 is 4.90 Å². The predicted octanol–water partition coefficient (Wildman–Crippen LogP) is 2.29. The van der Waals surface area contributed by atoms with E-state index in [1.807, 2.05) is 0 Å². The van der Waals surface area contributed by atoms with Crippen molar-refractivity contribution in [3.63, 3.8) is 0 Å². The molecule has 142 valence electrons. The summed E-state index contributed by atoms with van der Waals surface area (Å²) in [6, 6.07) is 10.2. The van der Waals surface area contributed by atoms with Crippen LogP contribution in [0.1, 0.15) is 20.7 Å². The fourth-order valence-corrected chi connectivity index (χ4v) is 2.38. The molecule has 0 aliphatic carbocycles. The average molecular weight is 373 g/mol. The molecular formula is C18H19N3O6. The Bertz CT molecular complexity index is 829. The van der Waals surface area contributed by atoms with Gasteiger partial charge in [0.25, 0.3) is 0 Å². The lowest BCUT2D eigenvalue weighted by Crippen LogP contribution is -2.29. The van der Waals surface area contributed by atoms with E-state index < -0.39 is 11.9 Å². The number of aromatic carboxylic acids is 2. The Balaban J connectivity index is 2.26. The van der Waals surface area contributed by atoms with Gasteiger partial charge < -0.3 is 25.3 Å². The number of carboxylic acids is 2. The fraction of sp³-hybridized carbons (Fsp3) is 0.222. The second kappa shape index (κ2) is 9.41. The highest BCUT2D eigenvalue weighted by molar-refractivity contribution is 5.96. The maximum Gasteiger partial charge on any atom is 0.337 e.